The van der Waals surface area contributed by atoms with Gasteiger partial charge in [0.05, 0.1) is 25.3 Å². The van der Waals surface area contributed by atoms with Crippen molar-refractivity contribution in [3.8, 4) is 17.2 Å². The number of methoxy groups -OCH3 is 1. The monoisotopic (exact) mass is 480 g/mol. The zero-order chi connectivity index (χ0) is 24.8. The Morgan fingerprint density at radius 2 is 1.94 bits per heavy atom. The zero-order valence-electron chi connectivity index (χ0n) is 19.9. The lowest BCUT2D eigenvalue weighted by Crippen LogP contribution is -2.43. The molecule has 2 heterocycles. The van der Waals surface area contributed by atoms with E-state index in [1.54, 1.807) is 13.2 Å². The second-order valence-corrected chi connectivity index (χ2v) is 8.34. The van der Waals surface area contributed by atoms with Crippen molar-refractivity contribution < 1.29 is 18.7 Å². The normalized spacial score (nSPS) is 15.5. The van der Waals surface area contributed by atoms with Crippen LogP contribution in [0.15, 0.2) is 59.4 Å². The summed E-state index contributed by atoms with van der Waals surface area (Å²) in [6, 6.07) is 14.3. The third kappa shape index (κ3) is 5.79. The molecule has 8 nitrogen and oxygen atoms in total. The molecule has 1 fully saturated rings. The molecule has 1 aliphatic heterocycles. The standard InChI is InChI=1S/C26H29FN4O4/c1-3-35-22-11-6-18(15-23(22)34-2)16-28-26(33)19-5-4-14-30(17-19)24-12-13-25(32)31(29-24)21-9-7-20(27)8-10-21/h6-13,15,19H,3-5,14,16-17H2,1-2H3,(H,28,33). The summed E-state index contributed by atoms with van der Waals surface area (Å²) >= 11 is 0. The van der Waals surface area contributed by atoms with Crippen LogP contribution in [0.25, 0.3) is 5.69 Å². The number of nitrogens with zero attached hydrogens (tertiary/aromatic N) is 3. The average molecular weight is 481 g/mol. The number of rotatable bonds is 8. The van der Waals surface area contributed by atoms with Gasteiger partial charge in [-0.15, -0.1) is 5.10 Å². The zero-order valence-corrected chi connectivity index (χ0v) is 19.9. The van der Waals surface area contributed by atoms with Gasteiger partial charge in [0.1, 0.15) is 11.6 Å². The van der Waals surface area contributed by atoms with Crippen LogP contribution in [0.3, 0.4) is 0 Å². The Morgan fingerprint density at radius 1 is 1.14 bits per heavy atom. The van der Waals surface area contributed by atoms with Crippen molar-refractivity contribution >= 4 is 11.7 Å². The molecule has 1 unspecified atom stereocenters. The SMILES string of the molecule is CCOc1ccc(CNC(=O)C2CCCN(c3ccc(=O)n(-c4ccc(F)cc4)n3)C2)cc1OC. The van der Waals surface area contributed by atoms with Gasteiger partial charge in [-0.2, -0.15) is 4.68 Å². The van der Waals surface area contributed by atoms with Gasteiger partial charge in [0.2, 0.25) is 5.91 Å². The van der Waals surface area contributed by atoms with Crippen molar-refractivity contribution in [2.24, 2.45) is 5.92 Å². The molecule has 0 bridgehead atoms. The lowest BCUT2D eigenvalue weighted by Gasteiger charge is -2.33. The van der Waals surface area contributed by atoms with E-state index in [1.807, 2.05) is 30.0 Å². The molecular weight excluding hydrogens is 451 g/mol. The first kappa shape index (κ1) is 24.3. The fourth-order valence-corrected chi connectivity index (χ4v) is 4.17. The van der Waals surface area contributed by atoms with E-state index in [4.69, 9.17) is 9.47 Å². The second-order valence-electron chi connectivity index (χ2n) is 8.34. The largest absolute Gasteiger partial charge is 0.493 e. The summed E-state index contributed by atoms with van der Waals surface area (Å²) in [5.74, 6) is 1.28. The van der Waals surface area contributed by atoms with Crippen LogP contribution in [0.4, 0.5) is 10.2 Å². The van der Waals surface area contributed by atoms with Crippen LogP contribution < -0.4 is 25.2 Å². The molecule has 0 spiro atoms. The summed E-state index contributed by atoms with van der Waals surface area (Å²) in [5.41, 5.74) is 1.09. The average Bonchev–Trinajstić information content (AvgIpc) is 2.89. The van der Waals surface area contributed by atoms with Gasteiger partial charge in [0, 0.05) is 25.7 Å². The minimum absolute atomic E-state index is 0.0330. The summed E-state index contributed by atoms with van der Waals surface area (Å²) < 4.78 is 25.5. The molecule has 2 aromatic carbocycles. The van der Waals surface area contributed by atoms with Crippen molar-refractivity contribution in [2.75, 3.05) is 31.7 Å². The minimum Gasteiger partial charge on any atom is -0.493 e. The van der Waals surface area contributed by atoms with Crippen molar-refractivity contribution in [3.05, 3.63) is 76.3 Å². The lowest BCUT2D eigenvalue weighted by molar-refractivity contribution is -0.125. The predicted octanol–water partition coefficient (Wildman–Crippen LogP) is 3.31. The van der Waals surface area contributed by atoms with Gasteiger partial charge in [-0.1, -0.05) is 6.07 Å². The quantitative estimate of drug-likeness (QED) is 0.533. The van der Waals surface area contributed by atoms with Crippen molar-refractivity contribution in [1.29, 1.82) is 0 Å². The summed E-state index contributed by atoms with van der Waals surface area (Å²) in [7, 11) is 1.59. The molecule has 35 heavy (non-hydrogen) atoms. The molecule has 1 amide bonds. The Kier molecular flexibility index (Phi) is 7.64. The minimum atomic E-state index is -0.383. The van der Waals surface area contributed by atoms with Gasteiger partial charge < -0.3 is 19.7 Å². The van der Waals surface area contributed by atoms with Gasteiger partial charge in [-0.05, 0) is 67.8 Å². The van der Waals surface area contributed by atoms with Crippen LogP contribution in [-0.4, -0.2) is 42.5 Å². The fourth-order valence-electron chi connectivity index (χ4n) is 4.17. The maximum Gasteiger partial charge on any atom is 0.271 e. The highest BCUT2D eigenvalue weighted by Crippen LogP contribution is 2.28. The Labute approximate surface area is 203 Å². The van der Waals surface area contributed by atoms with Crippen LogP contribution in [0.2, 0.25) is 0 Å². The third-order valence-corrected chi connectivity index (χ3v) is 5.97. The van der Waals surface area contributed by atoms with Crippen LogP contribution in [0.5, 0.6) is 11.5 Å². The van der Waals surface area contributed by atoms with Gasteiger partial charge in [0.15, 0.2) is 11.5 Å². The number of amides is 1. The molecule has 1 saturated heterocycles. The van der Waals surface area contributed by atoms with Crippen molar-refractivity contribution in [3.63, 3.8) is 0 Å². The van der Waals surface area contributed by atoms with E-state index in [0.29, 0.717) is 42.7 Å². The number of ether oxygens (including phenoxy) is 2. The van der Waals surface area contributed by atoms with E-state index >= 15 is 0 Å². The van der Waals surface area contributed by atoms with E-state index in [1.165, 1.54) is 35.0 Å². The van der Waals surface area contributed by atoms with Gasteiger partial charge >= 0.3 is 0 Å². The lowest BCUT2D eigenvalue weighted by atomic mass is 9.97. The molecule has 3 aromatic rings. The Hall–Kier alpha value is -3.88. The number of aromatic nitrogens is 2. The first-order chi connectivity index (χ1) is 17.0. The van der Waals surface area contributed by atoms with E-state index in [9.17, 15) is 14.0 Å². The Bertz CT molecular complexity index is 1230. The molecule has 1 aromatic heterocycles. The summed E-state index contributed by atoms with van der Waals surface area (Å²) in [6.45, 7) is 4.06. The molecule has 0 radical (unpaired) electrons. The second kappa shape index (κ2) is 11.0. The van der Waals surface area contributed by atoms with Crippen LogP contribution in [0.1, 0.15) is 25.3 Å². The number of carbonyl (C=O) groups is 1. The van der Waals surface area contributed by atoms with Gasteiger partial charge in [-0.25, -0.2) is 4.39 Å². The highest BCUT2D eigenvalue weighted by Gasteiger charge is 2.27. The first-order valence-corrected chi connectivity index (χ1v) is 11.7. The van der Waals surface area contributed by atoms with Crippen molar-refractivity contribution in [1.82, 2.24) is 15.1 Å². The van der Waals surface area contributed by atoms with E-state index in [0.717, 1.165) is 24.9 Å². The molecule has 9 heteroatoms. The highest BCUT2D eigenvalue weighted by atomic mass is 19.1. The third-order valence-electron chi connectivity index (χ3n) is 5.97. The van der Waals surface area contributed by atoms with Gasteiger partial charge in [0.25, 0.3) is 5.56 Å². The summed E-state index contributed by atoms with van der Waals surface area (Å²) in [6.07, 6.45) is 1.60. The summed E-state index contributed by atoms with van der Waals surface area (Å²) in [4.78, 5) is 27.3. The van der Waals surface area contributed by atoms with Crippen molar-refractivity contribution in [2.45, 2.75) is 26.3 Å². The van der Waals surface area contributed by atoms with Crippen LogP contribution >= 0.6 is 0 Å². The van der Waals surface area contributed by atoms with Crippen LogP contribution in [0, 0.1) is 11.7 Å². The molecular formula is C26H29FN4O4. The van der Waals surface area contributed by atoms with Crippen LogP contribution in [-0.2, 0) is 11.3 Å². The number of anilines is 1. The number of hydrogen-bond acceptors (Lipinski definition) is 6. The molecule has 1 N–H and O–H groups in total. The van der Waals surface area contributed by atoms with E-state index in [-0.39, 0.29) is 23.2 Å². The molecule has 0 aliphatic carbocycles. The number of halogens is 1. The molecule has 184 valence electrons. The molecule has 1 atom stereocenters. The number of piperidine rings is 1. The predicted molar refractivity (Wildman–Crippen MR) is 131 cm³/mol. The molecule has 0 saturated carbocycles. The smallest absolute Gasteiger partial charge is 0.271 e. The molecule has 1 aliphatic rings. The Morgan fingerprint density at radius 3 is 2.69 bits per heavy atom. The number of hydrogen-bond donors (Lipinski definition) is 1. The maximum absolute atomic E-state index is 13.3. The number of nitrogens with one attached hydrogen (secondary N) is 1. The van der Waals surface area contributed by atoms with Gasteiger partial charge in [-0.3, -0.25) is 9.59 Å². The van der Waals surface area contributed by atoms with E-state index in [2.05, 4.69) is 10.4 Å². The topological polar surface area (TPSA) is 85.7 Å². The van der Waals surface area contributed by atoms with E-state index < -0.39 is 0 Å². The summed E-state index contributed by atoms with van der Waals surface area (Å²) in [5, 5.41) is 7.50. The number of benzene rings is 2. The highest BCUT2D eigenvalue weighted by molar-refractivity contribution is 5.79. The maximum atomic E-state index is 13.3. The number of carbonyl (C=O) groups excluding carboxylic acids is 1. The first-order valence-electron chi connectivity index (χ1n) is 11.7. The Balaban J connectivity index is 1.42. The fraction of sp³-hybridized carbons (Fsp3) is 0.346. The molecule has 4 rings (SSSR count).